The Hall–Kier alpha value is -2.32. The summed E-state index contributed by atoms with van der Waals surface area (Å²) in [6, 6.07) is -0.216. The normalized spacial score (nSPS) is 14.7. The second-order valence-corrected chi connectivity index (χ2v) is 11.3. The maximum atomic E-state index is 12.7. The van der Waals surface area contributed by atoms with E-state index in [1.54, 1.807) is 4.90 Å². The summed E-state index contributed by atoms with van der Waals surface area (Å²) in [5, 5.41) is 0. The van der Waals surface area contributed by atoms with E-state index in [0.717, 1.165) is 57.8 Å². The van der Waals surface area contributed by atoms with Gasteiger partial charge in [0.05, 0.1) is 32.3 Å². The first-order chi connectivity index (χ1) is 19.9. The zero-order chi connectivity index (χ0) is 30.1. The zero-order valence-corrected chi connectivity index (χ0v) is 26.1. The number of likely N-dealkylation sites (tertiary alicyclic amines) is 1. The number of hydrogen-bond donors (Lipinski definition) is 0. The summed E-state index contributed by atoms with van der Waals surface area (Å²) >= 11 is 0. The van der Waals surface area contributed by atoms with E-state index in [1.165, 1.54) is 38.5 Å². The van der Waals surface area contributed by atoms with Crippen molar-refractivity contribution in [3.05, 3.63) is 0 Å². The van der Waals surface area contributed by atoms with Crippen LogP contribution in [-0.2, 0) is 33.3 Å². The number of unbranched alkanes of at least 4 members (excludes halogenated alkanes) is 10. The molecule has 9 nitrogen and oxygen atoms in total. The molecule has 9 heteroatoms. The molecule has 0 radical (unpaired) electrons. The van der Waals surface area contributed by atoms with E-state index in [2.05, 4.69) is 13.8 Å². The first kappa shape index (κ1) is 36.7. The molecular weight excluding hydrogens is 526 g/mol. The quantitative estimate of drug-likeness (QED) is 0.0670. The van der Waals surface area contributed by atoms with E-state index in [1.807, 2.05) is 6.92 Å². The average Bonchev–Trinajstić information content (AvgIpc) is 3.44. The minimum Gasteiger partial charge on any atom is -0.465 e. The third kappa shape index (κ3) is 18.7. The molecule has 0 aliphatic carbocycles. The summed E-state index contributed by atoms with van der Waals surface area (Å²) < 4.78 is 21.7. The monoisotopic (exact) mass is 583 g/mol. The molecule has 1 amide bonds. The Labute approximate surface area is 248 Å². The van der Waals surface area contributed by atoms with Crippen molar-refractivity contribution >= 4 is 24.0 Å². The molecule has 1 unspecified atom stereocenters. The van der Waals surface area contributed by atoms with Gasteiger partial charge in [0.25, 0.3) is 0 Å². The Bertz CT molecular complexity index is 696. The number of hydrogen-bond acceptors (Lipinski definition) is 8. The smallest absolute Gasteiger partial charge is 0.410 e. The fourth-order valence-corrected chi connectivity index (χ4v) is 4.84. The van der Waals surface area contributed by atoms with Crippen molar-refractivity contribution in [2.75, 3.05) is 33.0 Å². The summed E-state index contributed by atoms with van der Waals surface area (Å²) in [4.78, 5) is 51.2. The van der Waals surface area contributed by atoms with Gasteiger partial charge in [0.1, 0.15) is 6.61 Å². The molecule has 0 saturated carbocycles. The predicted octanol–water partition coefficient (Wildman–Crippen LogP) is 7.13. The van der Waals surface area contributed by atoms with Gasteiger partial charge in [-0.15, -0.1) is 0 Å². The van der Waals surface area contributed by atoms with Gasteiger partial charge in [-0.2, -0.15) is 0 Å². The number of carbonyl (C=O) groups is 4. The number of esters is 3. The molecular formula is C32H57NO8. The Morgan fingerprint density at radius 3 is 1.73 bits per heavy atom. The van der Waals surface area contributed by atoms with Gasteiger partial charge in [-0.25, -0.2) is 4.79 Å². The van der Waals surface area contributed by atoms with E-state index in [4.69, 9.17) is 18.9 Å². The van der Waals surface area contributed by atoms with Crippen molar-refractivity contribution in [2.45, 2.75) is 142 Å². The van der Waals surface area contributed by atoms with Crippen LogP contribution in [0.1, 0.15) is 136 Å². The Morgan fingerprint density at radius 1 is 0.659 bits per heavy atom. The summed E-state index contributed by atoms with van der Waals surface area (Å²) in [7, 11) is 0. The van der Waals surface area contributed by atoms with Crippen molar-refractivity contribution in [3.63, 3.8) is 0 Å². The largest absolute Gasteiger partial charge is 0.465 e. The first-order valence-electron chi connectivity index (χ1n) is 16.3. The van der Waals surface area contributed by atoms with Gasteiger partial charge in [0, 0.05) is 25.3 Å². The third-order valence-corrected chi connectivity index (χ3v) is 7.36. The SMILES string of the molecule is CCCCCCCCC(=O)OCC(COC(=O)CCCCCCCC)CC(=O)OCC1CCCN1C(=O)OCCC. The second-order valence-electron chi connectivity index (χ2n) is 11.3. The molecule has 0 aromatic carbocycles. The topological polar surface area (TPSA) is 108 Å². The Morgan fingerprint density at radius 2 is 1.20 bits per heavy atom. The highest BCUT2D eigenvalue weighted by atomic mass is 16.6. The lowest BCUT2D eigenvalue weighted by Gasteiger charge is -2.24. The highest BCUT2D eigenvalue weighted by Gasteiger charge is 2.31. The highest BCUT2D eigenvalue weighted by molar-refractivity contribution is 5.72. The van der Waals surface area contributed by atoms with Crippen LogP contribution in [0.4, 0.5) is 4.79 Å². The molecule has 0 aromatic rings. The van der Waals surface area contributed by atoms with Gasteiger partial charge < -0.3 is 23.8 Å². The van der Waals surface area contributed by atoms with Crippen LogP contribution in [0.15, 0.2) is 0 Å². The lowest BCUT2D eigenvalue weighted by molar-refractivity contribution is -0.155. The lowest BCUT2D eigenvalue weighted by atomic mass is 10.1. The maximum absolute atomic E-state index is 12.7. The Kier molecular flexibility index (Phi) is 21.8. The van der Waals surface area contributed by atoms with Gasteiger partial charge in [0.2, 0.25) is 0 Å². The van der Waals surface area contributed by atoms with Gasteiger partial charge in [0.15, 0.2) is 0 Å². The fraction of sp³-hybridized carbons (Fsp3) is 0.875. The molecule has 0 aromatic heterocycles. The van der Waals surface area contributed by atoms with Crippen LogP contribution >= 0.6 is 0 Å². The molecule has 1 atom stereocenters. The Balaban J connectivity index is 2.51. The molecule has 1 rings (SSSR count). The second kappa shape index (κ2) is 24.3. The fourth-order valence-electron chi connectivity index (χ4n) is 4.84. The predicted molar refractivity (Wildman–Crippen MR) is 158 cm³/mol. The molecule has 0 spiro atoms. The number of rotatable bonds is 24. The molecule has 1 saturated heterocycles. The van der Waals surface area contributed by atoms with Crippen LogP contribution in [-0.4, -0.2) is 67.9 Å². The molecule has 41 heavy (non-hydrogen) atoms. The van der Waals surface area contributed by atoms with Crippen LogP contribution in [0.3, 0.4) is 0 Å². The van der Waals surface area contributed by atoms with Gasteiger partial charge >= 0.3 is 24.0 Å². The van der Waals surface area contributed by atoms with Gasteiger partial charge in [-0.1, -0.05) is 85.0 Å². The molecule has 0 N–H and O–H groups in total. The lowest BCUT2D eigenvalue weighted by Crippen LogP contribution is -2.39. The van der Waals surface area contributed by atoms with Crippen LogP contribution in [0.25, 0.3) is 0 Å². The summed E-state index contributed by atoms with van der Waals surface area (Å²) in [6.45, 7) is 7.29. The van der Waals surface area contributed by atoms with Crippen molar-refractivity contribution < 1.29 is 38.1 Å². The van der Waals surface area contributed by atoms with E-state index < -0.39 is 11.9 Å². The maximum Gasteiger partial charge on any atom is 0.410 e. The van der Waals surface area contributed by atoms with Crippen LogP contribution in [0.2, 0.25) is 0 Å². The standard InChI is InChI=1S/C32H57NO8/c1-4-7-9-11-13-15-19-29(34)39-24-27(25-40-30(35)20-16-14-12-10-8-5-2)23-31(36)41-26-28-18-17-21-33(28)32(37)38-22-6-3/h27-28H,4-26H2,1-3H3. The molecule has 1 fully saturated rings. The van der Waals surface area contributed by atoms with E-state index in [-0.39, 0.29) is 50.3 Å². The summed E-state index contributed by atoms with van der Waals surface area (Å²) in [5.74, 6) is -1.56. The summed E-state index contributed by atoms with van der Waals surface area (Å²) in [5.41, 5.74) is 0. The molecule has 0 bridgehead atoms. The van der Waals surface area contributed by atoms with Crippen molar-refractivity contribution in [3.8, 4) is 0 Å². The van der Waals surface area contributed by atoms with Gasteiger partial charge in [-0.3, -0.25) is 14.4 Å². The minimum absolute atomic E-state index is 0.00698. The third-order valence-electron chi connectivity index (χ3n) is 7.36. The minimum atomic E-state index is -0.487. The molecule has 1 aliphatic rings. The molecule has 1 aliphatic heterocycles. The van der Waals surface area contributed by atoms with Crippen molar-refractivity contribution in [1.29, 1.82) is 0 Å². The van der Waals surface area contributed by atoms with E-state index >= 15 is 0 Å². The number of carbonyl (C=O) groups excluding carboxylic acids is 4. The van der Waals surface area contributed by atoms with Crippen molar-refractivity contribution in [1.82, 2.24) is 4.90 Å². The zero-order valence-electron chi connectivity index (χ0n) is 26.1. The van der Waals surface area contributed by atoms with Crippen LogP contribution in [0, 0.1) is 5.92 Å². The van der Waals surface area contributed by atoms with E-state index in [0.29, 0.717) is 26.0 Å². The number of ether oxygens (including phenoxy) is 4. The van der Waals surface area contributed by atoms with E-state index in [9.17, 15) is 19.2 Å². The number of amides is 1. The molecule has 238 valence electrons. The van der Waals surface area contributed by atoms with Crippen LogP contribution < -0.4 is 0 Å². The first-order valence-corrected chi connectivity index (χ1v) is 16.3. The molecule has 1 heterocycles. The summed E-state index contributed by atoms with van der Waals surface area (Å²) in [6.07, 6.45) is 15.5. The number of nitrogens with zero attached hydrogens (tertiary/aromatic N) is 1. The van der Waals surface area contributed by atoms with Crippen LogP contribution in [0.5, 0.6) is 0 Å². The van der Waals surface area contributed by atoms with Crippen molar-refractivity contribution in [2.24, 2.45) is 5.92 Å². The highest BCUT2D eigenvalue weighted by Crippen LogP contribution is 2.19. The van der Waals surface area contributed by atoms with Gasteiger partial charge in [-0.05, 0) is 32.1 Å². The average molecular weight is 584 g/mol.